The van der Waals surface area contributed by atoms with Gasteiger partial charge in [-0.05, 0) is 6.42 Å². The van der Waals surface area contributed by atoms with Crippen LogP contribution in [0, 0.1) is 0 Å². The number of likely N-dealkylation sites (N-methyl/N-ethyl adjacent to an activating group) is 1. The van der Waals surface area contributed by atoms with Crippen LogP contribution in [0.5, 0.6) is 0 Å². The third-order valence-corrected chi connectivity index (χ3v) is 2.68. The fourth-order valence-corrected chi connectivity index (χ4v) is 1.78. The Morgan fingerprint density at radius 1 is 1.53 bits per heavy atom. The van der Waals surface area contributed by atoms with Crippen molar-refractivity contribution in [1.82, 2.24) is 9.80 Å². The van der Waals surface area contributed by atoms with Crippen LogP contribution in [0.15, 0.2) is 0 Å². The molecule has 1 saturated heterocycles. The second-order valence-electron chi connectivity index (χ2n) is 3.92. The summed E-state index contributed by atoms with van der Waals surface area (Å²) in [7, 11) is 1.64. The Bertz CT molecular complexity index is 255. The van der Waals surface area contributed by atoms with Gasteiger partial charge in [0, 0.05) is 13.6 Å². The fourth-order valence-electron chi connectivity index (χ4n) is 1.78. The van der Waals surface area contributed by atoms with E-state index in [-0.39, 0.29) is 6.03 Å². The lowest BCUT2D eigenvalue weighted by Crippen LogP contribution is -2.40. The Morgan fingerprint density at radius 2 is 2.20 bits per heavy atom. The SMILES string of the molecule is CCCCCN1C(=O)N(C)CC1C(=O)O. The Balaban J connectivity index is 2.56. The quantitative estimate of drug-likeness (QED) is 0.694. The van der Waals surface area contributed by atoms with Gasteiger partial charge in [-0.3, -0.25) is 0 Å². The topological polar surface area (TPSA) is 60.9 Å². The number of carbonyl (C=O) groups excluding carboxylic acids is 1. The van der Waals surface area contributed by atoms with Gasteiger partial charge in [0.25, 0.3) is 0 Å². The summed E-state index contributed by atoms with van der Waals surface area (Å²) in [4.78, 5) is 25.4. The Kier molecular flexibility index (Phi) is 3.94. The minimum Gasteiger partial charge on any atom is -0.480 e. The molecule has 0 aromatic rings. The number of unbranched alkanes of at least 4 members (excludes halogenated alkanes) is 2. The number of aliphatic carboxylic acids is 1. The van der Waals surface area contributed by atoms with Crippen molar-refractivity contribution in [3.8, 4) is 0 Å². The molecule has 1 aliphatic heterocycles. The number of carboxylic acid groups (broad SMARTS) is 1. The minimum absolute atomic E-state index is 0.168. The fraction of sp³-hybridized carbons (Fsp3) is 0.800. The van der Waals surface area contributed by atoms with Gasteiger partial charge in [-0.25, -0.2) is 9.59 Å². The van der Waals surface area contributed by atoms with Crippen LogP contribution in [0.2, 0.25) is 0 Å². The highest BCUT2D eigenvalue weighted by Crippen LogP contribution is 2.15. The molecule has 0 aliphatic carbocycles. The third kappa shape index (κ3) is 2.61. The van der Waals surface area contributed by atoms with E-state index in [1.807, 2.05) is 0 Å². The zero-order chi connectivity index (χ0) is 11.4. The monoisotopic (exact) mass is 214 g/mol. The maximum absolute atomic E-state index is 11.6. The van der Waals surface area contributed by atoms with Gasteiger partial charge in [-0.1, -0.05) is 19.8 Å². The van der Waals surface area contributed by atoms with Gasteiger partial charge in [-0.15, -0.1) is 0 Å². The molecule has 0 bridgehead atoms. The number of hydrogen-bond acceptors (Lipinski definition) is 2. The first-order chi connectivity index (χ1) is 7.07. The molecule has 0 saturated carbocycles. The van der Waals surface area contributed by atoms with Crippen LogP contribution >= 0.6 is 0 Å². The zero-order valence-electron chi connectivity index (χ0n) is 9.27. The number of urea groups is 1. The number of nitrogens with zero attached hydrogens (tertiary/aromatic N) is 2. The maximum atomic E-state index is 11.6. The summed E-state index contributed by atoms with van der Waals surface area (Å²) >= 11 is 0. The molecule has 5 nitrogen and oxygen atoms in total. The number of amides is 2. The molecule has 1 aliphatic rings. The average Bonchev–Trinajstić information content (AvgIpc) is 2.46. The number of hydrogen-bond donors (Lipinski definition) is 1. The standard InChI is InChI=1S/C10H18N2O3/c1-3-4-5-6-12-8(9(13)14)7-11(2)10(12)15/h8H,3-7H2,1-2H3,(H,13,14). The van der Waals surface area contributed by atoms with E-state index >= 15 is 0 Å². The Hall–Kier alpha value is -1.26. The smallest absolute Gasteiger partial charge is 0.328 e. The number of rotatable bonds is 5. The summed E-state index contributed by atoms with van der Waals surface area (Å²) < 4.78 is 0. The molecule has 0 radical (unpaired) electrons. The molecule has 2 amide bonds. The largest absolute Gasteiger partial charge is 0.480 e. The maximum Gasteiger partial charge on any atom is 0.328 e. The summed E-state index contributed by atoms with van der Waals surface area (Å²) in [6.07, 6.45) is 2.97. The lowest BCUT2D eigenvalue weighted by Gasteiger charge is -2.19. The van der Waals surface area contributed by atoms with Crippen molar-refractivity contribution >= 4 is 12.0 Å². The number of carbonyl (C=O) groups is 2. The molecule has 1 unspecified atom stereocenters. The molecule has 1 fully saturated rings. The molecule has 0 aromatic heterocycles. The van der Waals surface area contributed by atoms with Crippen molar-refractivity contribution in [3.05, 3.63) is 0 Å². The summed E-state index contributed by atoms with van der Waals surface area (Å²) in [5.74, 6) is -0.913. The predicted octanol–water partition coefficient (Wildman–Crippen LogP) is 0.997. The van der Waals surface area contributed by atoms with Gasteiger partial charge in [0.15, 0.2) is 0 Å². The molecule has 1 rings (SSSR count). The van der Waals surface area contributed by atoms with Crippen molar-refractivity contribution in [2.45, 2.75) is 32.2 Å². The Morgan fingerprint density at radius 3 is 2.73 bits per heavy atom. The van der Waals surface area contributed by atoms with Crippen LogP contribution < -0.4 is 0 Å². The van der Waals surface area contributed by atoms with Gasteiger partial charge in [0.2, 0.25) is 0 Å². The lowest BCUT2D eigenvalue weighted by molar-refractivity contribution is -0.141. The molecular formula is C10H18N2O3. The summed E-state index contributed by atoms with van der Waals surface area (Å²) in [6, 6.07) is -0.835. The van der Waals surface area contributed by atoms with Crippen molar-refractivity contribution in [2.75, 3.05) is 20.1 Å². The van der Waals surface area contributed by atoms with E-state index in [1.165, 1.54) is 9.80 Å². The second kappa shape index (κ2) is 5.00. The highest BCUT2D eigenvalue weighted by Gasteiger charge is 2.38. The molecule has 0 spiro atoms. The van der Waals surface area contributed by atoms with Crippen LogP contribution in [0.3, 0.4) is 0 Å². The molecule has 1 atom stereocenters. The average molecular weight is 214 g/mol. The van der Waals surface area contributed by atoms with Gasteiger partial charge < -0.3 is 14.9 Å². The summed E-state index contributed by atoms with van der Waals surface area (Å²) in [6.45, 7) is 2.92. The van der Waals surface area contributed by atoms with Crippen molar-refractivity contribution in [2.24, 2.45) is 0 Å². The molecule has 1 heterocycles. The molecule has 86 valence electrons. The van der Waals surface area contributed by atoms with Crippen LogP contribution in [-0.2, 0) is 4.79 Å². The van der Waals surface area contributed by atoms with Crippen molar-refractivity contribution in [1.29, 1.82) is 0 Å². The van der Waals surface area contributed by atoms with E-state index < -0.39 is 12.0 Å². The summed E-state index contributed by atoms with van der Waals surface area (Å²) in [5.41, 5.74) is 0. The third-order valence-electron chi connectivity index (χ3n) is 2.68. The van der Waals surface area contributed by atoms with E-state index in [1.54, 1.807) is 7.05 Å². The first-order valence-corrected chi connectivity index (χ1v) is 5.32. The van der Waals surface area contributed by atoms with Crippen molar-refractivity contribution in [3.63, 3.8) is 0 Å². The van der Waals surface area contributed by atoms with E-state index in [0.717, 1.165) is 19.3 Å². The minimum atomic E-state index is -0.913. The highest BCUT2D eigenvalue weighted by molar-refractivity contribution is 5.86. The molecule has 0 aromatic carbocycles. The molecular weight excluding hydrogens is 196 g/mol. The van der Waals surface area contributed by atoms with Gasteiger partial charge in [-0.2, -0.15) is 0 Å². The number of carboxylic acids is 1. The van der Waals surface area contributed by atoms with Gasteiger partial charge in [0.05, 0.1) is 6.54 Å². The highest BCUT2D eigenvalue weighted by atomic mass is 16.4. The molecule has 15 heavy (non-hydrogen) atoms. The summed E-state index contributed by atoms with van der Waals surface area (Å²) in [5, 5.41) is 8.96. The predicted molar refractivity (Wildman–Crippen MR) is 55.7 cm³/mol. The first kappa shape index (κ1) is 11.8. The van der Waals surface area contributed by atoms with Crippen LogP contribution in [0.1, 0.15) is 26.2 Å². The normalized spacial score (nSPS) is 21.2. The second-order valence-corrected chi connectivity index (χ2v) is 3.92. The molecule has 1 N–H and O–H groups in total. The van der Waals surface area contributed by atoms with E-state index in [9.17, 15) is 9.59 Å². The van der Waals surface area contributed by atoms with Gasteiger partial charge in [0.1, 0.15) is 6.04 Å². The van der Waals surface area contributed by atoms with Crippen LogP contribution in [0.4, 0.5) is 4.79 Å². The van der Waals surface area contributed by atoms with E-state index in [2.05, 4.69) is 6.92 Å². The van der Waals surface area contributed by atoms with Crippen LogP contribution in [0.25, 0.3) is 0 Å². The van der Waals surface area contributed by atoms with E-state index in [0.29, 0.717) is 13.1 Å². The first-order valence-electron chi connectivity index (χ1n) is 5.32. The Labute approximate surface area is 89.7 Å². The lowest BCUT2D eigenvalue weighted by atomic mass is 10.2. The van der Waals surface area contributed by atoms with Gasteiger partial charge >= 0.3 is 12.0 Å². The van der Waals surface area contributed by atoms with E-state index in [4.69, 9.17) is 5.11 Å². The van der Waals surface area contributed by atoms with Crippen molar-refractivity contribution < 1.29 is 14.7 Å². The molecule has 5 heteroatoms. The van der Waals surface area contributed by atoms with Crippen LogP contribution in [-0.4, -0.2) is 53.1 Å². The zero-order valence-corrected chi connectivity index (χ0v) is 9.27.